The fourth-order valence-corrected chi connectivity index (χ4v) is 0.897. The van der Waals surface area contributed by atoms with Crippen molar-refractivity contribution in [2.45, 2.75) is 33.2 Å². The average Bonchev–Trinajstić information content (AvgIpc) is 1.87. The van der Waals surface area contributed by atoms with Crippen molar-refractivity contribution in [2.24, 2.45) is 17.6 Å². The van der Waals surface area contributed by atoms with Crippen LogP contribution in [-0.2, 0) is 0 Å². The third-order valence-corrected chi connectivity index (χ3v) is 2.04. The van der Waals surface area contributed by atoms with Crippen molar-refractivity contribution in [3.8, 4) is 0 Å². The summed E-state index contributed by atoms with van der Waals surface area (Å²) in [7, 11) is 0. The van der Waals surface area contributed by atoms with E-state index in [1.54, 1.807) is 0 Å². The van der Waals surface area contributed by atoms with Crippen LogP contribution in [0.4, 0.5) is 0 Å². The molecule has 0 saturated heterocycles. The van der Waals surface area contributed by atoms with Crippen molar-refractivity contribution in [1.82, 2.24) is 0 Å². The summed E-state index contributed by atoms with van der Waals surface area (Å²) in [5.74, 6) is 1.20. The van der Waals surface area contributed by atoms with Crippen LogP contribution in [0.1, 0.15) is 27.2 Å². The molecule has 0 heterocycles. The minimum Gasteiger partial charge on any atom is -0.328 e. The van der Waals surface area contributed by atoms with Crippen LogP contribution < -0.4 is 5.73 Å². The molecule has 0 spiro atoms. The molecule has 0 aliphatic heterocycles. The maximum absolute atomic E-state index is 5.70. The molecule has 0 aliphatic rings. The lowest BCUT2D eigenvalue weighted by molar-refractivity contribution is 0.407. The smallest absolute Gasteiger partial charge is 0.00363 e. The molecular formula is C9H19N. The van der Waals surface area contributed by atoms with Gasteiger partial charge in [-0.15, -0.1) is 6.58 Å². The molecule has 10 heavy (non-hydrogen) atoms. The predicted molar refractivity (Wildman–Crippen MR) is 46.8 cm³/mol. The van der Waals surface area contributed by atoms with Crippen LogP contribution in [0.15, 0.2) is 12.7 Å². The topological polar surface area (TPSA) is 26.0 Å². The van der Waals surface area contributed by atoms with E-state index < -0.39 is 0 Å². The molecule has 2 N–H and O–H groups in total. The second kappa shape index (κ2) is 4.51. The van der Waals surface area contributed by atoms with Gasteiger partial charge < -0.3 is 5.73 Å². The Kier molecular flexibility index (Phi) is 4.37. The van der Waals surface area contributed by atoms with Crippen LogP contribution in [0, 0.1) is 11.8 Å². The van der Waals surface area contributed by atoms with Crippen molar-refractivity contribution < 1.29 is 0 Å². The van der Waals surface area contributed by atoms with Gasteiger partial charge in [-0.2, -0.15) is 0 Å². The third-order valence-electron chi connectivity index (χ3n) is 2.04. The highest BCUT2D eigenvalue weighted by Gasteiger charge is 2.09. The average molecular weight is 141 g/mol. The lowest BCUT2D eigenvalue weighted by Gasteiger charge is -2.17. The Morgan fingerprint density at radius 2 is 1.90 bits per heavy atom. The van der Waals surface area contributed by atoms with Gasteiger partial charge in [0.1, 0.15) is 0 Å². The van der Waals surface area contributed by atoms with Gasteiger partial charge in [0.05, 0.1) is 0 Å². The molecule has 0 saturated carbocycles. The summed E-state index contributed by atoms with van der Waals surface area (Å²) < 4.78 is 0. The highest BCUT2D eigenvalue weighted by Crippen LogP contribution is 2.14. The lowest BCUT2D eigenvalue weighted by Crippen LogP contribution is -2.25. The van der Waals surface area contributed by atoms with E-state index in [0.717, 1.165) is 6.42 Å². The van der Waals surface area contributed by atoms with Gasteiger partial charge in [0.2, 0.25) is 0 Å². The number of hydrogen-bond donors (Lipinski definition) is 1. The van der Waals surface area contributed by atoms with E-state index in [0.29, 0.717) is 17.9 Å². The van der Waals surface area contributed by atoms with Gasteiger partial charge in [0.25, 0.3) is 0 Å². The molecule has 0 aromatic heterocycles. The summed E-state index contributed by atoms with van der Waals surface area (Å²) >= 11 is 0. The summed E-state index contributed by atoms with van der Waals surface area (Å²) in [5.41, 5.74) is 5.70. The van der Waals surface area contributed by atoms with Crippen LogP contribution in [0.5, 0.6) is 0 Å². The first-order valence-corrected chi connectivity index (χ1v) is 3.96. The molecule has 0 aromatic carbocycles. The molecule has 0 aliphatic carbocycles. The number of rotatable bonds is 4. The van der Waals surface area contributed by atoms with Gasteiger partial charge in [-0.1, -0.05) is 19.9 Å². The first kappa shape index (κ1) is 9.70. The summed E-state index contributed by atoms with van der Waals surface area (Å²) in [6.07, 6.45) is 3.14. The van der Waals surface area contributed by atoms with Crippen molar-refractivity contribution in [3.05, 3.63) is 12.7 Å². The molecule has 0 fully saturated rings. The molecule has 3 unspecified atom stereocenters. The van der Waals surface area contributed by atoms with Crippen molar-refractivity contribution in [1.29, 1.82) is 0 Å². The normalized spacial score (nSPS) is 19.6. The lowest BCUT2D eigenvalue weighted by atomic mass is 9.93. The Morgan fingerprint density at radius 3 is 2.20 bits per heavy atom. The van der Waals surface area contributed by atoms with E-state index >= 15 is 0 Å². The monoisotopic (exact) mass is 141 g/mol. The van der Waals surface area contributed by atoms with Crippen LogP contribution >= 0.6 is 0 Å². The summed E-state index contributed by atoms with van der Waals surface area (Å²) in [6.45, 7) is 10.1. The van der Waals surface area contributed by atoms with Crippen LogP contribution in [0.25, 0.3) is 0 Å². The molecule has 0 amide bonds. The number of hydrogen-bond acceptors (Lipinski definition) is 1. The third kappa shape index (κ3) is 3.67. The minimum atomic E-state index is 0.308. The van der Waals surface area contributed by atoms with Gasteiger partial charge >= 0.3 is 0 Å². The van der Waals surface area contributed by atoms with Crippen molar-refractivity contribution in [3.63, 3.8) is 0 Å². The highest BCUT2D eigenvalue weighted by atomic mass is 14.6. The maximum Gasteiger partial charge on any atom is 0.00363 e. The molecular weight excluding hydrogens is 122 g/mol. The minimum absolute atomic E-state index is 0.308. The van der Waals surface area contributed by atoms with E-state index in [9.17, 15) is 0 Å². The van der Waals surface area contributed by atoms with Gasteiger partial charge in [0, 0.05) is 6.04 Å². The van der Waals surface area contributed by atoms with Crippen LogP contribution in [0.2, 0.25) is 0 Å². The first-order valence-electron chi connectivity index (χ1n) is 3.96. The van der Waals surface area contributed by atoms with E-state index in [4.69, 9.17) is 5.73 Å². The maximum atomic E-state index is 5.70. The Labute approximate surface area is 64.3 Å². The molecule has 0 bridgehead atoms. The van der Waals surface area contributed by atoms with E-state index in [2.05, 4.69) is 27.4 Å². The van der Waals surface area contributed by atoms with Gasteiger partial charge in [-0.05, 0) is 25.2 Å². The summed E-state index contributed by atoms with van der Waals surface area (Å²) in [4.78, 5) is 0. The Balaban J connectivity index is 3.56. The van der Waals surface area contributed by atoms with Gasteiger partial charge in [-0.3, -0.25) is 0 Å². The predicted octanol–water partition coefficient (Wildman–Crippen LogP) is 2.18. The summed E-state index contributed by atoms with van der Waals surface area (Å²) in [5, 5.41) is 0. The molecule has 0 rings (SSSR count). The zero-order valence-corrected chi connectivity index (χ0v) is 7.30. The zero-order valence-electron chi connectivity index (χ0n) is 7.30. The fourth-order valence-electron chi connectivity index (χ4n) is 0.897. The Hall–Kier alpha value is -0.300. The van der Waals surface area contributed by atoms with Gasteiger partial charge in [0.15, 0.2) is 0 Å². The van der Waals surface area contributed by atoms with E-state index in [1.165, 1.54) is 0 Å². The number of allylic oxidation sites excluding steroid dienone is 1. The molecule has 60 valence electrons. The zero-order chi connectivity index (χ0) is 8.15. The largest absolute Gasteiger partial charge is 0.328 e. The quantitative estimate of drug-likeness (QED) is 0.597. The highest BCUT2D eigenvalue weighted by molar-refractivity contribution is 4.78. The van der Waals surface area contributed by atoms with E-state index in [1.807, 2.05) is 6.08 Å². The molecule has 3 atom stereocenters. The molecule has 0 aromatic rings. The van der Waals surface area contributed by atoms with E-state index in [-0.39, 0.29) is 0 Å². The van der Waals surface area contributed by atoms with Crippen molar-refractivity contribution in [2.75, 3.05) is 0 Å². The second-order valence-corrected chi connectivity index (χ2v) is 3.29. The van der Waals surface area contributed by atoms with Crippen LogP contribution in [-0.4, -0.2) is 6.04 Å². The Bertz CT molecular complexity index is 96.9. The first-order chi connectivity index (χ1) is 4.57. The standard InChI is InChI=1S/C9H19N/c1-5-7(2)6-8(3)9(4)10/h5,7-9H,1,6,10H2,2-4H3. The molecule has 1 heteroatoms. The molecule has 0 radical (unpaired) electrons. The fraction of sp³-hybridized carbons (Fsp3) is 0.778. The van der Waals surface area contributed by atoms with Crippen LogP contribution in [0.3, 0.4) is 0 Å². The summed E-state index contributed by atoms with van der Waals surface area (Å²) in [6, 6.07) is 0.308. The Morgan fingerprint density at radius 1 is 1.40 bits per heavy atom. The SMILES string of the molecule is C=CC(C)CC(C)C(C)N. The number of nitrogens with two attached hydrogens (primary N) is 1. The second-order valence-electron chi connectivity index (χ2n) is 3.29. The van der Waals surface area contributed by atoms with Crippen molar-refractivity contribution >= 4 is 0 Å². The van der Waals surface area contributed by atoms with Gasteiger partial charge in [-0.25, -0.2) is 0 Å². The molecule has 1 nitrogen and oxygen atoms in total.